The Morgan fingerprint density at radius 2 is 1.83 bits per heavy atom. The van der Waals surface area contributed by atoms with Gasteiger partial charge in [0.25, 0.3) is 0 Å². The lowest BCUT2D eigenvalue weighted by molar-refractivity contribution is -0.133. The Balaban J connectivity index is 1.76. The third kappa shape index (κ3) is 7.45. The minimum absolute atomic E-state index is 0.0162. The molecule has 1 aromatic heterocycles. The van der Waals surface area contributed by atoms with Crippen molar-refractivity contribution in [2.45, 2.75) is 63.9 Å². The van der Waals surface area contributed by atoms with E-state index in [0.717, 1.165) is 0 Å². The van der Waals surface area contributed by atoms with E-state index >= 15 is 0 Å². The lowest BCUT2D eigenvalue weighted by Crippen LogP contribution is -2.50. The van der Waals surface area contributed by atoms with E-state index in [1.165, 1.54) is 18.3 Å². The highest BCUT2D eigenvalue weighted by atomic mass is 32.2. The molecule has 0 spiro atoms. The molecule has 1 aliphatic rings. The van der Waals surface area contributed by atoms with Crippen LogP contribution in [-0.4, -0.2) is 55.4 Å². The van der Waals surface area contributed by atoms with Crippen LogP contribution in [0.4, 0.5) is 10.6 Å². The number of aromatic nitrogens is 1. The average Bonchev–Trinajstić information content (AvgIpc) is 2.66. The maximum absolute atomic E-state index is 12.1. The number of carbonyl (C=O) groups is 2. The van der Waals surface area contributed by atoms with Crippen LogP contribution in [0, 0.1) is 5.92 Å². The monoisotopic (exact) mass is 440 g/mol. The van der Waals surface area contributed by atoms with Crippen LogP contribution in [0.25, 0.3) is 0 Å². The normalized spacial score (nSPS) is 15.3. The molecule has 0 aliphatic carbocycles. The minimum Gasteiger partial charge on any atom is -0.343 e. The number of urea groups is 1. The quantitative estimate of drug-likeness (QED) is 0.452. The first kappa shape index (κ1) is 23.9. The van der Waals surface area contributed by atoms with E-state index in [9.17, 15) is 18.0 Å². The highest BCUT2D eigenvalue weighted by molar-refractivity contribution is 7.89. The number of rotatable bonds is 8. The molecule has 168 valence electrons. The van der Waals surface area contributed by atoms with Crippen LogP contribution in [0.1, 0.15) is 47.0 Å². The van der Waals surface area contributed by atoms with Gasteiger partial charge in [-0.1, -0.05) is 13.8 Å². The van der Waals surface area contributed by atoms with Crippen molar-refractivity contribution in [3.8, 4) is 0 Å². The second-order valence-electron chi connectivity index (χ2n) is 8.13. The van der Waals surface area contributed by atoms with Gasteiger partial charge in [-0.3, -0.25) is 15.6 Å². The molecule has 0 aromatic carbocycles. The van der Waals surface area contributed by atoms with Crippen molar-refractivity contribution in [1.29, 1.82) is 0 Å². The molecule has 10 nitrogen and oxygen atoms in total. The number of hydrogen-bond donors (Lipinski definition) is 4. The molecule has 0 bridgehead atoms. The standard InChI is InChI=1S/C19H32N6O4S/c1-13(2)11-18(26)25-9-7-15(8-10-25)21-19(27)23-22-17-6-5-16(12-20-17)30(28,29)24-14(3)4/h5-6,12-15,24H,7-11H2,1-4H3,(H,20,22)(H2,21,23,27). The van der Waals surface area contributed by atoms with Crippen LogP contribution < -0.4 is 20.9 Å². The SMILES string of the molecule is CC(C)CC(=O)N1CCC(NC(=O)NNc2ccc(S(=O)(=O)NC(C)C)cn2)CC1. The average molecular weight is 441 g/mol. The molecule has 1 fully saturated rings. The van der Waals surface area contributed by atoms with Gasteiger partial charge in [0, 0.05) is 37.8 Å². The van der Waals surface area contributed by atoms with E-state index in [2.05, 4.69) is 25.9 Å². The zero-order valence-corrected chi connectivity index (χ0v) is 18.8. The first-order valence-electron chi connectivity index (χ1n) is 10.2. The fraction of sp³-hybridized carbons (Fsp3) is 0.632. The number of sulfonamides is 1. The van der Waals surface area contributed by atoms with Gasteiger partial charge in [-0.05, 0) is 44.7 Å². The number of likely N-dealkylation sites (tertiary alicyclic amines) is 1. The molecular formula is C19H32N6O4S. The Morgan fingerprint density at radius 1 is 1.17 bits per heavy atom. The van der Waals surface area contributed by atoms with Crippen LogP contribution in [0.15, 0.2) is 23.2 Å². The van der Waals surface area contributed by atoms with Gasteiger partial charge in [0.1, 0.15) is 10.7 Å². The second kappa shape index (κ2) is 10.6. The van der Waals surface area contributed by atoms with Crippen LogP contribution >= 0.6 is 0 Å². The highest BCUT2D eigenvalue weighted by Crippen LogP contribution is 2.14. The van der Waals surface area contributed by atoms with E-state index < -0.39 is 16.1 Å². The summed E-state index contributed by atoms with van der Waals surface area (Å²) in [6.45, 7) is 8.77. The Labute approximate surface area is 178 Å². The van der Waals surface area contributed by atoms with E-state index in [0.29, 0.717) is 44.1 Å². The van der Waals surface area contributed by atoms with Gasteiger partial charge in [0.05, 0.1) is 0 Å². The molecule has 0 saturated carbocycles. The minimum atomic E-state index is -3.61. The lowest BCUT2D eigenvalue weighted by atomic mass is 10.0. The number of hydrazine groups is 1. The fourth-order valence-corrected chi connectivity index (χ4v) is 4.28. The summed E-state index contributed by atoms with van der Waals surface area (Å²) in [5, 5.41) is 2.86. The zero-order valence-electron chi connectivity index (χ0n) is 17.9. The molecule has 3 amide bonds. The molecule has 0 unspecified atom stereocenters. The van der Waals surface area contributed by atoms with Crippen molar-refractivity contribution in [3.63, 3.8) is 0 Å². The van der Waals surface area contributed by atoms with Gasteiger partial charge in [-0.2, -0.15) is 0 Å². The van der Waals surface area contributed by atoms with Gasteiger partial charge in [0.2, 0.25) is 15.9 Å². The number of pyridine rings is 1. The Hall–Kier alpha value is -2.40. The summed E-state index contributed by atoms with van der Waals surface area (Å²) in [5.41, 5.74) is 5.14. The number of piperidine rings is 1. The fourth-order valence-electron chi connectivity index (χ4n) is 3.09. The maximum atomic E-state index is 12.1. The number of nitrogens with zero attached hydrogens (tertiary/aromatic N) is 2. The Bertz CT molecular complexity index is 818. The smallest absolute Gasteiger partial charge is 0.333 e. The number of amides is 3. The Morgan fingerprint density at radius 3 is 2.37 bits per heavy atom. The van der Waals surface area contributed by atoms with Gasteiger partial charge >= 0.3 is 6.03 Å². The lowest BCUT2D eigenvalue weighted by Gasteiger charge is -2.32. The zero-order chi connectivity index (χ0) is 22.3. The molecule has 4 N–H and O–H groups in total. The molecule has 1 saturated heterocycles. The summed E-state index contributed by atoms with van der Waals surface area (Å²) in [7, 11) is -3.61. The van der Waals surface area contributed by atoms with Crippen molar-refractivity contribution in [2.24, 2.45) is 5.92 Å². The number of hydrogen-bond acceptors (Lipinski definition) is 6. The molecule has 11 heteroatoms. The molecular weight excluding hydrogens is 408 g/mol. The van der Waals surface area contributed by atoms with E-state index in [-0.39, 0.29) is 22.9 Å². The summed E-state index contributed by atoms with van der Waals surface area (Å²) in [6, 6.07) is 2.22. The van der Waals surface area contributed by atoms with E-state index in [4.69, 9.17) is 0 Å². The second-order valence-corrected chi connectivity index (χ2v) is 9.85. The Kier molecular flexibility index (Phi) is 8.42. The topological polar surface area (TPSA) is 133 Å². The predicted octanol–water partition coefficient (Wildman–Crippen LogP) is 1.43. The van der Waals surface area contributed by atoms with Gasteiger partial charge < -0.3 is 10.2 Å². The number of carbonyl (C=O) groups excluding carboxylic acids is 2. The van der Waals surface area contributed by atoms with Gasteiger partial charge in [-0.25, -0.2) is 22.9 Å². The number of anilines is 1. The van der Waals surface area contributed by atoms with Crippen LogP contribution in [0.2, 0.25) is 0 Å². The van der Waals surface area contributed by atoms with E-state index in [1.807, 2.05) is 18.7 Å². The highest BCUT2D eigenvalue weighted by Gasteiger charge is 2.24. The summed E-state index contributed by atoms with van der Waals surface area (Å²) < 4.78 is 26.6. The molecule has 1 aromatic rings. The summed E-state index contributed by atoms with van der Waals surface area (Å²) in [4.78, 5) is 30.1. The first-order valence-corrected chi connectivity index (χ1v) is 11.6. The molecule has 30 heavy (non-hydrogen) atoms. The van der Waals surface area contributed by atoms with Crippen molar-refractivity contribution >= 4 is 27.8 Å². The van der Waals surface area contributed by atoms with Crippen molar-refractivity contribution in [2.75, 3.05) is 18.5 Å². The third-order valence-corrected chi connectivity index (χ3v) is 6.15. The van der Waals surface area contributed by atoms with E-state index in [1.54, 1.807) is 13.8 Å². The van der Waals surface area contributed by atoms with Crippen molar-refractivity contribution < 1.29 is 18.0 Å². The van der Waals surface area contributed by atoms with Crippen LogP contribution in [0.5, 0.6) is 0 Å². The van der Waals surface area contributed by atoms with Crippen LogP contribution in [0.3, 0.4) is 0 Å². The van der Waals surface area contributed by atoms with Gasteiger partial charge in [0.15, 0.2) is 0 Å². The molecule has 2 heterocycles. The maximum Gasteiger partial charge on any atom is 0.333 e. The summed E-state index contributed by atoms with van der Waals surface area (Å²) in [6.07, 6.45) is 3.16. The molecule has 0 radical (unpaired) electrons. The largest absolute Gasteiger partial charge is 0.343 e. The molecule has 2 rings (SSSR count). The van der Waals surface area contributed by atoms with Crippen molar-refractivity contribution in [1.82, 2.24) is 25.3 Å². The van der Waals surface area contributed by atoms with Crippen molar-refractivity contribution in [3.05, 3.63) is 18.3 Å². The molecule has 0 atom stereocenters. The van der Waals surface area contributed by atoms with Crippen LogP contribution in [-0.2, 0) is 14.8 Å². The summed E-state index contributed by atoms with van der Waals surface area (Å²) in [5.74, 6) is 0.803. The predicted molar refractivity (Wildman–Crippen MR) is 114 cm³/mol. The van der Waals surface area contributed by atoms with Gasteiger partial charge in [-0.15, -0.1) is 0 Å². The summed E-state index contributed by atoms with van der Waals surface area (Å²) >= 11 is 0. The number of nitrogens with one attached hydrogen (secondary N) is 4. The first-order chi connectivity index (χ1) is 14.1. The third-order valence-electron chi connectivity index (χ3n) is 4.51. The molecule has 1 aliphatic heterocycles.